The molecule has 124 valence electrons. The number of carbonyl (C=O) groups is 1. The van der Waals surface area contributed by atoms with Gasteiger partial charge in [-0.3, -0.25) is 4.79 Å². The fourth-order valence-corrected chi connectivity index (χ4v) is 3.82. The summed E-state index contributed by atoms with van der Waals surface area (Å²) in [5.74, 6) is -0.0556. The van der Waals surface area contributed by atoms with E-state index >= 15 is 0 Å². The molecule has 6 heteroatoms. The van der Waals surface area contributed by atoms with Crippen LogP contribution in [0.5, 0.6) is 0 Å². The van der Waals surface area contributed by atoms with Gasteiger partial charge in [-0.15, -0.1) is 0 Å². The summed E-state index contributed by atoms with van der Waals surface area (Å²) in [6, 6.07) is 13.3. The van der Waals surface area contributed by atoms with Crippen LogP contribution < -0.4 is 5.32 Å². The first-order chi connectivity index (χ1) is 11.5. The summed E-state index contributed by atoms with van der Waals surface area (Å²) in [7, 11) is 0. The van der Waals surface area contributed by atoms with Crippen molar-refractivity contribution in [1.82, 2.24) is 5.32 Å². The smallest absolute Gasteiger partial charge is 0.239 e. The van der Waals surface area contributed by atoms with Crippen LogP contribution >= 0.6 is 35.0 Å². The molecule has 2 aromatic rings. The molecule has 0 unspecified atom stereocenters. The van der Waals surface area contributed by atoms with E-state index in [0.717, 1.165) is 17.7 Å². The molecule has 3 nitrogen and oxygen atoms in total. The van der Waals surface area contributed by atoms with Crippen molar-refractivity contribution in [3.05, 3.63) is 63.6 Å². The molecular weight excluding hydrogens is 363 g/mol. The molecule has 0 aliphatic carbocycles. The van der Waals surface area contributed by atoms with Gasteiger partial charge in [0, 0.05) is 10.0 Å². The highest BCUT2D eigenvalue weighted by Gasteiger charge is 2.30. The topological polar surface area (TPSA) is 41.5 Å². The number of amides is 1. The van der Waals surface area contributed by atoms with Crippen LogP contribution in [0, 0.1) is 0 Å². The van der Waals surface area contributed by atoms with Crippen LogP contribution in [0.1, 0.15) is 18.1 Å². The maximum absolute atomic E-state index is 12.2. The number of hydrogen-bond donors (Lipinski definition) is 1. The molecule has 0 radical (unpaired) electrons. The molecule has 1 saturated heterocycles. The molecule has 0 bridgehead atoms. The predicted molar refractivity (Wildman–Crippen MR) is 103 cm³/mol. The van der Waals surface area contributed by atoms with Crippen LogP contribution in [0.4, 0.5) is 5.69 Å². The quantitative estimate of drug-likeness (QED) is 0.811. The SMILES string of the molecule is CCc1ccc(N=C2NC(=O)[C@@H](Cc3cc(Cl)ccc3Cl)S2)cc1. The van der Waals surface area contributed by atoms with Crippen LogP contribution in [0.15, 0.2) is 47.5 Å². The number of aryl methyl sites for hydroxylation is 1. The van der Waals surface area contributed by atoms with Crippen molar-refractivity contribution in [2.24, 2.45) is 4.99 Å². The largest absolute Gasteiger partial charge is 0.304 e. The molecular formula is C18H16Cl2N2OS. The summed E-state index contributed by atoms with van der Waals surface area (Å²) in [5, 5.41) is 4.43. The Hall–Kier alpha value is -1.49. The molecule has 0 spiro atoms. The Kier molecular flexibility index (Phi) is 5.49. The Morgan fingerprint density at radius 2 is 1.92 bits per heavy atom. The van der Waals surface area contributed by atoms with E-state index in [1.165, 1.54) is 17.3 Å². The minimum atomic E-state index is -0.255. The van der Waals surface area contributed by atoms with Crippen molar-refractivity contribution < 1.29 is 4.79 Å². The fourth-order valence-electron chi connectivity index (χ4n) is 2.42. The van der Waals surface area contributed by atoms with E-state index in [4.69, 9.17) is 23.2 Å². The standard InChI is InChI=1S/C18H16Cl2N2OS/c1-2-11-3-6-14(7-4-11)21-18-22-17(23)16(24-18)10-12-9-13(19)5-8-15(12)20/h3-9,16H,2,10H2,1H3,(H,21,22,23)/t16-/m1/s1. The lowest BCUT2D eigenvalue weighted by molar-refractivity contribution is -0.118. The fraction of sp³-hybridized carbons (Fsp3) is 0.222. The van der Waals surface area contributed by atoms with Gasteiger partial charge in [0.2, 0.25) is 5.91 Å². The second kappa shape index (κ2) is 7.60. The van der Waals surface area contributed by atoms with E-state index in [2.05, 4.69) is 17.2 Å². The highest BCUT2D eigenvalue weighted by atomic mass is 35.5. The van der Waals surface area contributed by atoms with Crippen LogP contribution in [0.2, 0.25) is 10.0 Å². The highest BCUT2D eigenvalue weighted by Crippen LogP contribution is 2.29. The van der Waals surface area contributed by atoms with Crippen molar-refractivity contribution in [1.29, 1.82) is 0 Å². The first-order valence-electron chi connectivity index (χ1n) is 7.64. The zero-order valence-electron chi connectivity index (χ0n) is 13.1. The number of carbonyl (C=O) groups excluding carboxylic acids is 1. The van der Waals surface area contributed by atoms with Gasteiger partial charge >= 0.3 is 0 Å². The van der Waals surface area contributed by atoms with Crippen LogP contribution in [-0.4, -0.2) is 16.3 Å². The van der Waals surface area contributed by atoms with Crippen LogP contribution in [0.3, 0.4) is 0 Å². The number of halogens is 2. The molecule has 1 aliphatic rings. The third kappa shape index (κ3) is 4.12. The van der Waals surface area contributed by atoms with Gasteiger partial charge in [-0.25, -0.2) is 4.99 Å². The number of rotatable bonds is 4. The van der Waals surface area contributed by atoms with E-state index < -0.39 is 0 Å². The zero-order valence-corrected chi connectivity index (χ0v) is 15.4. The molecule has 1 N–H and O–H groups in total. The summed E-state index contributed by atoms with van der Waals surface area (Å²) in [6.45, 7) is 2.11. The van der Waals surface area contributed by atoms with Crippen LogP contribution in [0.25, 0.3) is 0 Å². The first-order valence-corrected chi connectivity index (χ1v) is 9.28. The van der Waals surface area contributed by atoms with E-state index in [0.29, 0.717) is 21.6 Å². The Balaban J connectivity index is 1.73. The van der Waals surface area contributed by atoms with Gasteiger partial charge in [-0.2, -0.15) is 0 Å². The number of nitrogens with one attached hydrogen (secondary N) is 1. The summed E-state index contributed by atoms with van der Waals surface area (Å²) < 4.78 is 0. The molecule has 1 atom stereocenters. The lowest BCUT2D eigenvalue weighted by Crippen LogP contribution is -2.26. The third-order valence-corrected chi connectivity index (χ3v) is 5.45. The highest BCUT2D eigenvalue weighted by molar-refractivity contribution is 8.15. The molecule has 1 amide bonds. The van der Waals surface area contributed by atoms with E-state index in [9.17, 15) is 4.79 Å². The number of nitrogens with zero attached hydrogens (tertiary/aromatic N) is 1. The van der Waals surface area contributed by atoms with Crippen molar-refractivity contribution in [3.63, 3.8) is 0 Å². The molecule has 1 aliphatic heterocycles. The number of amidine groups is 1. The lowest BCUT2D eigenvalue weighted by atomic mass is 10.1. The van der Waals surface area contributed by atoms with Crippen molar-refractivity contribution in [2.75, 3.05) is 0 Å². The molecule has 1 fully saturated rings. The summed E-state index contributed by atoms with van der Waals surface area (Å²) in [6.07, 6.45) is 1.51. The van der Waals surface area contributed by atoms with E-state index in [1.807, 2.05) is 24.3 Å². The number of benzene rings is 2. The van der Waals surface area contributed by atoms with Crippen molar-refractivity contribution >= 4 is 51.7 Å². The zero-order chi connectivity index (χ0) is 17.1. The Bertz CT molecular complexity index is 790. The van der Waals surface area contributed by atoms with Gasteiger partial charge in [0.15, 0.2) is 5.17 Å². The number of hydrogen-bond acceptors (Lipinski definition) is 3. The Morgan fingerprint density at radius 3 is 2.62 bits per heavy atom. The second-order valence-electron chi connectivity index (χ2n) is 5.47. The molecule has 3 rings (SSSR count). The second-order valence-corrected chi connectivity index (χ2v) is 7.51. The van der Waals surface area contributed by atoms with E-state index in [-0.39, 0.29) is 11.2 Å². The van der Waals surface area contributed by atoms with Crippen molar-refractivity contribution in [2.45, 2.75) is 25.0 Å². The maximum Gasteiger partial charge on any atom is 0.239 e. The van der Waals surface area contributed by atoms with Gasteiger partial charge in [0.1, 0.15) is 0 Å². The minimum Gasteiger partial charge on any atom is -0.304 e. The number of aliphatic imine (C=N–C) groups is 1. The van der Waals surface area contributed by atoms with Crippen LogP contribution in [-0.2, 0) is 17.6 Å². The first kappa shape index (κ1) is 17.3. The Morgan fingerprint density at radius 1 is 1.17 bits per heavy atom. The van der Waals surface area contributed by atoms with Crippen molar-refractivity contribution in [3.8, 4) is 0 Å². The monoisotopic (exact) mass is 378 g/mol. The summed E-state index contributed by atoms with van der Waals surface area (Å²) >= 11 is 13.6. The van der Waals surface area contributed by atoms with E-state index in [1.54, 1.807) is 18.2 Å². The van der Waals surface area contributed by atoms with Gasteiger partial charge in [-0.05, 0) is 54.3 Å². The molecule has 2 aromatic carbocycles. The molecule has 24 heavy (non-hydrogen) atoms. The lowest BCUT2D eigenvalue weighted by Gasteiger charge is -2.07. The third-order valence-electron chi connectivity index (χ3n) is 3.76. The Labute approximate surface area is 155 Å². The minimum absolute atomic E-state index is 0.0556. The summed E-state index contributed by atoms with van der Waals surface area (Å²) in [5.41, 5.74) is 2.96. The number of thioether (sulfide) groups is 1. The maximum atomic E-state index is 12.2. The van der Waals surface area contributed by atoms with Gasteiger partial charge in [-0.1, -0.05) is 54.0 Å². The summed E-state index contributed by atoms with van der Waals surface area (Å²) in [4.78, 5) is 16.7. The van der Waals surface area contributed by atoms with Gasteiger partial charge in [0.05, 0.1) is 10.9 Å². The molecule has 0 saturated carbocycles. The molecule has 0 aromatic heterocycles. The average Bonchev–Trinajstić information content (AvgIpc) is 2.91. The van der Waals surface area contributed by atoms with Gasteiger partial charge < -0.3 is 5.32 Å². The average molecular weight is 379 g/mol. The molecule has 1 heterocycles. The predicted octanol–water partition coefficient (Wildman–Crippen LogP) is 5.02. The normalized spacial score (nSPS) is 18.9. The van der Waals surface area contributed by atoms with Gasteiger partial charge in [0.25, 0.3) is 0 Å².